The molecule has 1 fully saturated rings. The molecular formula is C20H19F3N6O2. The topological polar surface area (TPSA) is 86.0 Å². The molecule has 0 saturated carbocycles. The molecule has 4 heterocycles. The average Bonchev–Trinajstić information content (AvgIpc) is 3.28. The van der Waals surface area contributed by atoms with Crippen LogP contribution >= 0.6 is 0 Å². The highest BCUT2D eigenvalue weighted by atomic mass is 19.4. The van der Waals surface area contributed by atoms with Gasteiger partial charge in [0, 0.05) is 24.5 Å². The van der Waals surface area contributed by atoms with Gasteiger partial charge in [0.1, 0.15) is 11.8 Å². The van der Waals surface area contributed by atoms with Crippen LogP contribution in [0.1, 0.15) is 34.6 Å². The summed E-state index contributed by atoms with van der Waals surface area (Å²) in [6.45, 7) is 2.57. The Balaban J connectivity index is 1.49. The van der Waals surface area contributed by atoms with Gasteiger partial charge in [-0.25, -0.2) is 9.97 Å². The van der Waals surface area contributed by atoms with E-state index >= 15 is 0 Å². The van der Waals surface area contributed by atoms with Gasteiger partial charge in [0.25, 0.3) is 5.91 Å². The lowest BCUT2D eigenvalue weighted by Gasteiger charge is -2.32. The summed E-state index contributed by atoms with van der Waals surface area (Å²) >= 11 is 0. The maximum atomic E-state index is 13.2. The molecule has 0 unspecified atom stereocenters. The van der Waals surface area contributed by atoms with Gasteiger partial charge >= 0.3 is 6.18 Å². The van der Waals surface area contributed by atoms with Gasteiger partial charge in [-0.1, -0.05) is 0 Å². The number of aromatic nitrogens is 5. The fraction of sp³-hybridized carbons (Fsp3) is 0.350. The van der Waals surface area contributed by atoms with Crippen LogP contribution < -0.4 is 4.74 Å². The Morgan fingerprint density at radius 1 is 1.16 bits per heavy atom. The summed E-state index contributed by atoms with van der Waals surface area (Å²) in [5.74, 6) is -0.202. The van der Waals surface area contributed by atoms with Crippen molar-refractivity contribution in [3.05, 3.63) is 59.8 Å². The van der Waals surface area contributed by atoms with Gasteiger partial charge < -0.3 is 9.64 Å². The minimum atomic E-state index is -4.46. The number of aryl methyl sites for hydroxylation is 1. The summed E-state index contributed by atoms with van der Waals surface area (Å²) in [6, 6.07) is 5.62. The van der Waals surface area contributed by atoms with E-state index < -0.39 is 17.8 Å². The third kappa shape index (κ3) is 4.65. The number of piperidine rings is 1. The SMILES string of the molecule is Cc1ccc(-n2nccn2)c(C(=O)N2CCC[C@@H](Oc3ccc(C(F)(F)F)cn3)C2)n1. The van der Waals surface area contributed by atoms with Crippen molar-refractivity contribution in [2.24, 2.45) is 0 Å². The molecule has 0 aliphatic carbocycles. The first kappa shape index (κ1) is 20.8. The number of amides is 1. The average molecular weight is 432 g/mol. The highest BCUT2D eigenvalue weighted by molar-refractivity contribution is 5.95. The van der Waals surface area contributed by atoms with Gasteiger partial charge in [-0.2, -0.15) is 23.4 Å². The second-order valence-corrected chi connectivity index (χ2v) is 7.16. The molecule has 3 aromatic rings. The zero-order valence-electron chi connectivity index (χ0n) is 16.6. The first-order valence-electron chi connectivity index (χ1n) is 9.65. The van der Waals surface area contributed by atoms with Crippen molar-refractivity contribution in [1.29, 1.82) is 0 Å². The number of hydrogen-bond acceptors (Lipinski definition) is 6. The number of carbonyl (C=O) groups excluding carboxylic acids is 1. The lowest BCUT2D eigenvalue weighted by Crippen LogP contribution is -2.45. The van der Waals surface area contributed by atoms with E-state index in [1.165, 1.54) is 23.3 Å². The lowest BCUT2D eigenvalue weighted by molar-refractivity contribution is -0.137. The molecule has 1 saturated heterocycles. The van der Waals surface area contributed by atoms with E-state index in [1.54, 1.807) is 24.0 Å². The van der Waals surface area contributed by atoms with Gasteiger partial charge in [0.15, 0.2) is 5.69 Å². The van der Waals surface area contributed by atoms with Gasteiger partial charge in [-0.15, -0.1) is 4.80 Å². The number of likely N-dealkylation sites (tertiary alicyclic amines) is 1. The molecule has 11 heteroatoms. The minimum absolute atomic E-state index is 0.0856. The quantitative estimate of drug-likeness (QED) is 0.630. The maximum Gasteiger partial charge on any atom is 0.417 e. The van der Waals surface area contributed by atoms with E-state index in [0.29, 0.717) is 30.8 Å². The second-order valence-electron chi connectivity index (χ2n) is 7.16. The van der Waals surface area contributed by atoms with Crippen molar-refractivity contribution in [2.75, 3.05) is 13.1 Å². The van der Waals surface area contributed by atoms with Crippen LogP contribution in [0.25, 0.3) is 5.69 Å². The van der Waals surface area contributed by atoms with Crippen LogP contribution in [-0.2, 0) is 6.18 Å². The van der Waals surface area contributed by atoms with Crippen molar-refractivity contribution >= 4 is 5.91 Å². The molecule has 1 aliphatic heterocycles. The van der Waals surface area contributed by atoms with Crippen LogP contribution in [0.4, 0.5) is 13.2 Å². The standard InChI is InChI=1S/C20H19F3N6O2/c1-13-4-6-16(29-25-8-9-26-29)18(27-13)19(30)28-10-2-3-15(12-28)31-17-7-5-14(11-24-17)20(21,22)23/h4-9,11,15H,2-3,10,12H2,1H3/t15-/m1/s1. The molecular weight excluding hydrogens is 413 g/mol. The van der Waals surface area contributed by atoms with E-state index in [-0.39, 0.29) is 24.0 Å². The smallest absolute Gasteiger partial charge is 0.417 e. The summed E-state index contributed by atoms with van der Waals surface area (Å²) in [6.07, 6.45) is 0.242. The Labute approximate surface area is 175 Å². The molecule has 0 N–H and O–H groups in total. The number of alkyl halides is 3. The highest BCUT2D eigenvalue weighted by Crippen LogP contribution is 2.29. The number of nitrogens with zero attached hydrogens (tertiary/aromatic N) is 6. The maximum absolute atomic E-state index is 13.2. The Kier molecular flexibility index (Phi) is 5.57. The largest absolute Gasteiger partial charge is 0.472 e. The first-order valence-corrected chi connectivity index (χ1v) is 9.65. The van der Waals surface area contributed by atoms with E-state index in [9.17, 15) is 18.0 Å². The number of rotatable bonds is 4. The van der Waals surface area contributed by atoms with E-state index in [0.717, 1.165) is 12.3 Å². The van der Waals surface area contributed by atoms with Crippen LogP contribution in [0.3, 0.4) is 0 Å². The minimum Gasteiger partial charge on any atom is -0.472 e. The number of pyridine rings is 2. The fourth-order valence-electron chi connectivity index (χ4n) is 3.37. The number of halogens is 3. The molecule has 0 spiro atoms. The first-order chi connectivity index (χ1) is 14.8. The van der Waals surface area contributed by atoms with E-state index in [1.807, 2.05) is 0 Å². The molecule has 1 aliphatic rings. The summed E-state index contributed by atoms with van der Waals surface area (Å²) in [5.41, 5.74) is 0.529. The van der Waals surface area contributed by atoms with Crippen LogP contribution in [-0.4, -0.2) is 55.0 Å². The van der Waals surface area contributed by atoms with Gasteiger partial charge in [0.05, 0.1) is 24.5 Å². The van der Waals surface area contributed by atoms with Crippen LogP contribution in [0, 0.1) is 6.92 Å². The molecule has 0 aromatic carbocycles. The van der Waals surface area contributed by atoms with Crippen molar-refractivity contribution < 1.29 is 22.7 Å². The van der Waals surface area contributed by atoms with Crippen molar-refractivity contribution in [3.8, 4) is 11.6 Å². The highest BCUT2D eigenvalue weighted by Gasteiger charge is 2.32. The molecule has 3 aromatic heterocycles. The molecule has 1 atom stereocenters. The molecule has 0 radical (unpaired) electrons. The fourth-order valence-corrected chi connectivity index (χ4v) is 3.37. The van der Waals surface area contributed by atoms with Crippen molar-refractivity contribution in [2.45, 2.75) is 32.0 Å². The van der Waals surface area contributed by atoms with Crippen molar-refractivity contribution in [3.63, 3.8) is 0 Å². The van der Waals surface area contributed by atoms with E-state index in [4.69, 9.17) is 4.74 Å². The van der Waals surface area contributed by atoms with Crippen LogP contribution in [0.15, 0.2) is 42.9 Å². The number of hydrogen-bond donors (Lipinski definition) is 0. The molecule has 31 heavy (non-hydrogen) atoms. The summed E-state index contributed by atoms with van der Waals surface area (Å²) in [7, 11) is 0. The summed E-state index contributed by atoms with van der Waals surface area (Å²) in [5, 5.41) is 8.16. The number of ether oxygens (including phenoxy) is 1. The zero-order chi connectivity index (χ0) is 22.0. The Bertz CT molecular complexity index is 1050. The second kappa shape index (κ2) is 8.32. The monoisotopic (exact) mass is 432 g/mol. The molecule has 162 valence electrons. The summed E-state index contributed by atoms with van der Waals surface area (Å²) < 4.78 is 43.8. The Morgan fingerprint density at radius 3 is 2.61 bits per heavy atom. The molecule has 1 amide bonds. The van der Waals surface area contributed by atoms with Gasteiger partial charge in [0.2, 0.25) is 5.88 Å². The van der Waals surface area contributed by atoms with Crippen LogP contribution in [0.5, 0.6) is 5.88 Å². The predicted octanol–water partition coefficient (Wildman–Crippen LogP) is 3.07. The molecule has 8 nitrogen and oxygen atoms in total. The normalized spacial score (nSPS) is 16.9. The number of carbonyl (C=O) groups is 1. The third-order valence-electron chi connectivity index (χ3n) is 4.87. The van der Waals surface area contributed by atoms with Crippen LogP contribution in [0.2, 0.25) is 0 Å². The molecule has 4 rings (SSSR count). The summed E-state index contributed by atoms with van der Waals surface area (Å²) in [4.78, 5) is 24.3. The van der Waals surface area contributed by atoms with Gasteiger partial charge in [-0.3, -0.25) is 4.79 Å². The predicted molar refractivity (Wildman–Crippen MR) is 103 cm³/mol. The Hall–Kier alpha value is -3.50. The lowest BCUT2D eigenvalue weighted by atomic mass is 10.1. The third-order valence-corrected chi connectivity index (χ3v) is 4.87. The van der Waals surface area contributed by atoms with E-state index in [2.05, 4.69) is 20.2 Å². The van der Waals surface area contributed by atoms with Crippen molar-refractivity contribution in [1.82, 2.24) is 29.9 Å². The zero-order valence-corrected chi connectivity index (χ0v) is 16.6. The van der Waals surface area contributed by atoms with Gasteiger partial charge in [-0.05, 0) is 38.0 Å². The Morgan fingerprint density at radius 2 is 1.94 bits per heavy atom. The molecule has 0 bridgehead atoms.